The lowest BCUT2D eigenvalue weighted by Crippen LogP contribution is -2.16. The molecule has 0 bridgehead atoms. The highest BCUT2D eigenvalue weighted by Gasteiger charge is 2.32. The van der Waals surface area contributed by atoms with E-state index >= 15 is 0 Å². The van der Waals surface area contributed by atoms with E-state index in [-0.39, 0.29) is 0 Å². The monoisotopic (exact) mass is 331 g/mol. The van der Waals surface area contributed by atoms with Crippen LogP contribution in [0, 0.1) is 0 Å². The summed E-state index contributed by atoms with van der Waals surface area (Å²) in [6.45, 7) is -0.590. The third-order valence-corrected chi connectivity index (χ3v) is 3.52. The summed E-state index contributed by atoms with van der Waals surface area (Å²) in [7, 11) is 0. The van der Waals surface area contributed by atoms with Crippen molar-refractivity contribution in [3.63, 3.8) is 0 Å². The van der Waals surface area contributed by atoms with Crippen LogP contribution in [0.15, 0.2) is 59.6 Å². The Balaban J connectivity index is 1.77. The molecule has 0 spiro atoms. The number of benzene rings is 2. The normalized spacial score (nSPS) is 19.6. The fourth-order valence-electron chi connectivity index (χ4n) is 2.36. The van der Waals surface area contributed by atoms with E-state index in [1.54, 1.807) is 24.3 Å². The van der Waals surface area contributed by atoms with Gasteiger partial charge in [0.25, 0.3) is 0 Å². The van der Waals surface area contributed by atoms with Gasteiger partial charge >= 0.3 is 0 Å². The molecule has 0 amide bonds. The van der Waals surface area contributed by atoms with E-state index in [0.29, 0.717) is 11.6 Å². The lowest BCUT2D eigenvalue weighted by Gasteiger charge is -2.16. The summed E-state index contributed by atoms with van der Waals surface area (Å²) in [5.74, 6) is 0.955. The summed E-state index contributed by atoms with van der Waals surface area (Å²) >= 11 is 4.51. The number of nitrogens with zero attached hydrogens (tertiary/aromatic N) is 1. The molecule has 23 heavy (non-hydrogen) atoms. The van der Waals surface area contributed by atoms with E-state index in [1.807, 2.05) is 30.3 Å². The maximum absolute atomic E-state index is 13.3. The van der Waals surface area contributed by atoms with Crippen LogP contribution in [0.25, 0.3) is 0 Å². The Morgan fingerprint density at radius 1 is 1.13 bits per heavy atom. The van der Waals surface area contributed by atoms with Gasteiger partial charge < -0.3 is 4.74 Å². The van der Waals surface area contributed by atoms with Gasteiger partial charge in [0, 0.05) is 5.56 Å². The Bertz CT molecular complexity index is 691. The Hall–Kier alpha value is -2.47. The van der Waals surface area contributed by atoms with Gasteiger partial charge in [0.1, 0.15) is 12.7 Å². The van der Waals surface area contributed by atoms with Crippen molar-refractivity contribution < 1.29 is 18.9 Å². The first-order chi connectivity index (χ1) is 11.3. The SMILES string of the molecule is FC[C@H]1N=C(c2ccccc2)O[C@@H]1c1ccc(OOC=S)cc1. The molecular formula is C17H14FNO3S. The molecule has 0 saturated heterocycles. The highest BCUT2D eigenvalue weighted by Crippen LogP contribution is 2.32. The fraction of sp³-hybridized carbons (Fsp3) is 0.176. The van der Waals surface area contributed by atoms with Crippen molar-refractivity contribution in [3.05, 3.63) is 65.7 Å². The summed E-state index contributed by atoms with van der Waals surface area (Å²) in [6, 6.07) is 15.9. The molecule has 1 heterocycles. The topological polar surface area (TPSA) is 40.0 Å². The van der Waals surface area contributed by atoms with Crippen LogP contribution in [0.2, 0.25) is 0 Å². The highest BCUT2D eigenvalue weighted by atomic mass is 32.1. The smallest absolute Gasteiger partial charge is 0.217 e. The summed E-state index contributed by atoms with van der Waals surface area (Å²) in [6.07, 6.45) is -0.462. The van der Waals surface area contributed by atoms with Gasteiger partial charge in [-0.15, -0.1) is 0 Å². The number of hydrogen-bond donors (Lipinski definition) is 0. The van der Waals surface area contributed by atoms with Gasteiger partial charge in [-0.05, 0) is 42.0 Å². The molecule has 0 saturated carbocycles. The van der Waals surface area contributed by atoms with E-state index < -0.39 is 18.8 Å². The molecule has 0 fully saturated rings. The number of aliphatic imine (C=N–C) groups is 1. The van der Waals surface area contributed by atoms with Crippen LogP contribution in [0.1, 0.15) is 17.2 Å². The Morgan fingerprint density at radius 2 is 1.87 bits per heavy atom. The second-order valence-electron chi connectivity index (χ2n) is 4.91. The zero-order valence-electron chi connectivity index (χ0n) is 12.1. The Labute approximate surface area is 138 Å². The summed E-state index contributed by atoms with van der Waals surface area (Å²) < 4.78 is 19.2. The highest BCUT2D eigenvalue weighted by molar-refractivity contribution is 7.78. The molecular weight excluding hydrogens is 317 g/mol. The zero-order valence-corrected chi connectivity index (χ0v) is 12.9. The largest absolute Gasteiger partial charge is 0.467 e. The summed E-state index contributed by atoms with van der Waals surface area (Å²) in [4.78, 5) is 13.8. The Morgan fingerprint density at radius 3 is 2.52 bits per heavy atom. The van der Waals surface area contributed by atoms with E-state index in [2.05, 4.69) is 22.1 Å². The fourth-order valence-corrected chi connectivity index (χ4v) is 2.40. The van der Waals surface area contributed by atoms with Crippen molar-refractivity contribution in [2.24, 2.45) is 4.99 Å². The van der Waals surface area contributed by atoms with E-state index in [0.717, 1.165) is 16.7 Å². The minimum Gasteiger partial charge on any atom is -0.467 e. The lowest BCUT2D eigenvalue weighted by molar-refractivity contribution is -0.106. The second-order valence-corrected chi connectivity index (χ2v) is 5.10. The van der Waals surface area contributed by atoms with Crippen LogP contribution in [-0.4, -0.2) is 24.2 Å². The van der Waals surface area contributed by atoms with Crippen LogP contribution in [0.3, 0.4) is 0 Å². The number of rotatable bonds is 6. The van der Waals surface area contributed by atoms with E-state index in [1.165, 1.54) is 0 Å². The Kier molecular flexibility index (Phi) is 4.83. The van der Waals surface area contributed by atoms with Crippen molar-refractivity contribution in [2.45, 2.75) is 12.1 Å². The van der Waals surface area contributed by atoms with Crippen LogP contribution in [0.5, 0.6) is 5.75 Å². The second kappa shape index (κ2) is 7.19. The van der Waals surface area contributed by atoms with Crippen molar-refractivity contribution in [1.82, 2.24) is 0 Å². The average molecular weight is 331 g/mol. The zero-order chi connectivity index (χ0) is 16.1. The molecule has 2 aromatic carbocycles. The average Bonchev–Trinajstić information content (AvgIpc) is 3.05. The third kappa shape index (κ3) is 3.48. The maximum atomic E-state index is 13.3. The van der Waals surface area contributed by atoms with Gasteiger partial charge in [-0.2, -0.15) is 0 Å². The standard InChI is InChI=1S/C17H14FNO3S/c18-10-15-16(12-6-8-14(9-7-12)22-20-11-23)21-17(19-15)13-4-2-1-3-5-13/h1-9,11,15-16H,10H2/t15-,16-/m1/s1. The first kappa shape index (κ1) is 15.4. The maximum Gasteiger partial charge on any atom is 0.217 e. The number of halogens is 1. The summed E-state index contributed by atoms with van der Waals surface area (Å²) in [5.41, 5.74) is 2.67. The van der Waals surface area contributed by atoms with Crippen molar-refractivity contribution in [3.8, 4) is 5.75 Å². The molecule has 6 heteroatoms. The van der Waals surface area contributed by atoms with Crippen molar-refractivity contribution in [1.29, 1.82) is 0 Å². The van der Waals surface area contributed by atoms with Gasteiger partial charge in [-0.1, -0.05) is 30.3 Å². The molecule has 118 valence electrons. The summed E-state index contributed by atoms with van der Waals surface area (Å²) in [5, 5.41) is 0. The first-order valence-corrected chi connectivity index (χ1v) is 7.51. The molecule has 2 aromatic rings. The third-order valence-electron chi connectivity index (χ3n) is 3.44. The van der Waals surface area contributed by atoms with Gasteiger partial charge in [0.15, 0.2) is 11.9 Å². The molecule has 0 N–H and O–H groups in total. The minimum absolute atomic E-state index is 0.461. The molecule has 1 aliphatic heterocycles. The molecule has 0 unspecified atom stereocenters. The van der Waals surface area contributed by atoms with Crippen molar-refractivity contribution >= 4 is 23.7 Å². The van der Waals surface area contributed by atoms with Gasteiger partial charge in [0.05, 0.1) is 0 Å². The molecule has 4 nitrogen and oxygen atoms in total. The minimum atomic E-state index is -0.590. The lowest BCUT2D eigenvalue weighted by atomic mass is 10.0. The van der Waals surface area contributed by atoms with Crippen LogP contribution in [0.4, 0.5) is 4.39 Å². The molecule has 3 rings (SSSR count). The number of hydrogen-bond acceptors (Lipinski definition) is 5. The predicted octanol–water partition coefficient (Wildman–Crippen LogP) is 3.81. The first-order valence-electron chi connectivity index (χ1n) is 7.04. The number of alkyl halides is 1. The molecule has 0 aliphatic carbocycles. The van der Waals surface area contributed by atoms with Gasteiger partial charge in [0.2, 0.25) is 11.5 Å². The van der Waals surface area contributed by atoms with Crippen molar-refractivity contribution in [2.75, 3.05) is 6.67 Å². The quantitative estimate of drug-likeness (QED) is 0.458. The van der Waals surface area contributed by atoms with Gasteiger partial charge in [-0.25, -0.2) is 9.38 Å². The van der Waals surface area contributed by atoms with E-state index in [9.17, 15) is 4.39 Å². The number of ether oxygens (including phenoxy) is 1. The van der Waals surface area contributed by atoms with Crippen LogP contribution in [-0.2, 0) is 9.62 Å². The van der Waals surface area contributed by atoms with Gasteiger partial charge in [-0.3, -0.25) is 9.78 Å². The van der Waals surface area contributed by atoms with E-state index in [4.69, 9.17) is 9.62 Å². The number of thiocarbonyl (C=S) groups is 1. The molecule has 0 aromatic heterocycles. The van der Waals surface area contributed by atoms with Crippen LogP contribution >= 0.6 is 12.2 Å². The molecule has 1 aliphatic rings. The molecule has 0 radical (unpaired) electrons. The molecule has 2 atom stereocenters. The van der Waals surface area contributed by atoms with Crippen LogP contribution < -0.4 is 4.89 Å². The predicted molar refractivity (Wildman–Crippen MR) is 88.4 cm³/mol.